The molecular weight excluding hydrogens is 166 g/mol. The molecule has 0 saturated heterocycles. The first-order valence-corrected chi connectivity index (χ1v) is 4.53. The van der Waals surface area contributed by atoms with Crippen molar-refractivity contribution >= 4 is 12.2 Å². The molecule has 0 atom stereocenters. The highest BCUT2D eigenvalue weighted by atomic mass is 16.6. The van der Waals surface area contributed by atoms with E-state index in [4.69, 9.17) is 4.74 Å². The molecule has 3 nitrogen and oxygen atoms in total. The van der Waals surface area contributed by atoms with Crippen molar-refractivity contribution in [2.24, 2.45) is 10.9 Å². The Labute approximate surface area is 80.2 Å². The van der Waals surface area contributed by atoms with Gasteiger partial charge in [0, 0.05) is 13.1 Å². The van der Waals surface area contributed by atoms with Crippen LogP contribution in [0.1, 0.15) is 34.6 Å². The second-order valence-electron chi connectivity index (χ2n) is 4.09. The maximum absolute atomic E-state index is 10.7. The van der Waals surface area contributed by atoms with Gasteiger partial charge in [0.2, 0.25) is 0 Å². The molecule has 0 radical (unpaired) electrons. The number of aliphatic imine (C=N–C) groups is 1. The van der Waals surface area contributed by atoms with Crippen LogP contribution in [0.15, 0.2) is 4.99 Å². The summed E-state index contributed by atoms with van der Waals surface area (Å²) in [5, 5.41) is 0. The largest absolute Gasteiger partial charge is 0.458 e. The normalized spacial score (nSPS) is 12.5. The van der Waals surface area contributed by atoms with E-state index in [0.29, 0.717) is 12.5 Å². The predicted octanol–water partition coefficient (Wildman–Crippen LogP) is 2.05. The summed E-state index contributed by atoms with van der Waals surface area (Å²) in [6, 6.07) is 0. The molecule has 0 rings (SSSR count). The number of rotatable bonds is 4. The summed E-state index contributed by atoms with van der Waals surface area (Å²) >= 11 is 0. The van der Waals surface area contributed by atoms with Crippen molar-refractivity contribution < 1.29 is 9.53 Å². The molecule has 13 heavy (non-hydrogen) atoms. The third-order valence-electron chi connectivity index (χ3n) is 1.30. The lowest BCUT2D eigenvalue weighted by Crippen LogP contribution is -2.30. The van der Waals surface area contributed by atoms with Gasteiger partial charge in [0.15, 0.2) is 0 Å². The summed E-state index contributed by atoms with van der Waals surface area (Å²) in [5.74, 6) is 0.179. The van der Waals surface area contributed by atoms with Crippen LogP contribution in [0.4, 0.5) is 0 Å². The van der Waals surface area contributed by atoms with E-state index in [1.807, 2.05) is 20.1 Å². The molecule has 0 amide bonds. The second kappa shape index (κ2) is 5.00. The standard InChI is InChI=1S/C10H19NO2/c1-8(2)6-11-7-10(4,5)13-9(3)12/h6,8H,7H2,1-5H3. The first kappa shape index (κ1) is 12.1. The highest BCUT2D eigenvalue weighted by molar-refractivity contribution is 5.66. The van der Waals surface area contributed by atoms with Gasteiger partial charge < -0.3 is 4.74 Å². The molecule has 0 aliphatic carbocycles. The van der Waals surface area contributed by atoms with E-state index in [2.05, 4.69) is 18.8 Å². The molecule has 0 saturated carbocycles. The Morgan fingerprint density at radius 3 is 2.46 bits per heavy atom. The zero-order chi connectivity index (χ0) is 10.5. The van der Waals surface area contributed by atoms with Crippen LogP contribution in [0.5, 0.6) is 0 Å². The van der Waals surface area contributed by atoms with Crippen molar-refractivity contribution in [3.8, 4) is 0 Å². The number of hydrogen-bond donors (Lipinski definition) is 0. The number of carbonyl (C=O) groups is 1. The van der Waals surface area contributed by atoms with Gasteiger partial charge in [0.05, 0.1) is 6.54 Å². The quantitative estimate of drug-likeness (QED) is 0.496. The highest BCUT2D eigenvalue weighted by Gasteiger charge is 2.19. The molecule has 0 heterocycles. The van der Waals surface area contributed by atoms with Crippen LogP contribution in [0.25, 0.3) is 0 Å². The van der Waals surface area contributed by atoms with E-state index in [1.54, 1.807) is 0 Å². The number of nitrogens with zero attached hydrogens (tertiary/aromatic N) is 1. The maximum Gasteiger partial charge on any atom is 0.303 e. The van der Waals surface area contributed by atoms with Crippen molar-refractivity contribution in [3.63, 3.8) is 0 Å². The lowest BCUT2D eigenvalue weighted by molar-refractivity contribution is -0.152. The van der Waals surface area contributed by atoms with Gasteiger partial charge in [0.1, 0.15) is 5.60 Å². The van der Waals surface area contributed by atoms with Gasteiger partial charge >= 0.3 is 5.97 Å². The zero-order valence-electron chi connectivity index (χ0n) is 9.13. The van der Waals surface area contributed by atoms with E-state index < -0.39 is 5.60 Å². The molecule has 0 aliphatic rings. The fourth-order valence-electron chi connectivity index (χ4n) is 0.905. The van der Waals surface area contributed by atoms with Crippen molar-refractivity contribution in [2.75, 3.05) is 6.54 Å². The highest BCUT2D eigenvalue weighted by Crippen LogP contribution is 2.09. The van der Waals surface area contributed by atoms with Crippen LogP contribution in [-0.4, -0.2) is 24.3 Å². The van der Waals surface area contributed by atoms with E-state index in [1.165, 1.54) is 6.92 Å². The molecule has 0 bridgehead atoms. The molecule has 0 unspecified atom stereocenters. The summed E-state index contributed by atoms with van der Waals surface area (Å²) in [5.41, 5.74) is -0.489. The predicted molar refractivity (Wildman–Crippen MR) is 54.0 cm³/mol. The molecule has 0 aliphatic heterocycles. The van der Waals surface area contributed by atoms with Crippen LogP contribution >= 0.6 is 0 Å². The lowest BCUT2D eigenvalue weighted by Gasteiger charge is -2.21. The van der Waals surface area contributed by atoms with Crippen molar-refractivity contribution in [2.45, 2.75) is 40.2 Å². The molecule has 0 aromatic rings. The van der Waals surface area contributed by atoms with Gasteiger partial charge in [-0.2, -0.15) is 0 Å². The molecular formula is C10H19NO2. The monoisotopic (exact) mass is 185 g/mol. The summed E-state index contributed by atoms with van der Waals surface area (Å²) in [6.07, 6.45) is 1.87. The van der Waals surface area contributed by atoms with E-state index in [-0.39, 0.29) is 5.97 Å². The van der Waals surface area contributed by atoms with Crippen molar-refractivity contribution in [1.29, 1.82) is 0 Å². The third kappa shape index (κ3) is 7.50. The molecule has 0 spiro atoms. The van der Waals surface area contributed by atoms with Crippen LogP contribution in [0.3, 0.4) is 0 Å². The van der Waals surface area contributed by atoms with Crippen LogP contribution in [0, 0.1) is 5.92 Å². The van der Waals surface area contributed by atoms with Crippen molar-refractivity contribution in [1.82, 2.24) is 0 Å². The fourth-order valence-corrected chi connectivity index (χ4v) is 0.905. The Balaban J connectivity index is 3.95. The summed E-state index contributed by atoms with van der Waals surface area (Å²) in [7, 11) is 0. The Kier molecular flexibility index (Phi) is 4.67. The summed E-state index contributed by atoms with van der Waals surface area (Å²) < 4.78 is 5.07. The Morgan fingerprint density at radius 2 is 2.08 bits per heavy atom. The summed E-state index contributed by atoms with van der Waals surface area (Å²) in [4.78, 5) is 14.9. The minimum absolute atomic E-state index is 0.259. The molecule has 0 aromatic carbocycles. The molecule has 3 heteroatoms. The smallest absolute Gasteiger partial charge is 0.303 e. The molecule has 0 aromatic heterocycles. The fraction of sp³-hybridized carbons (Fsp3) is 0.800. The number of esters is 1. The van der Waals surface area contributed by atoms with Gasteiger partial charge in [-0.15, -0.1) is 0 Å². The number of carbonyl (C=O) groups excluding carboxylic acids is 1. The van der Waals surface area contributed by atoms with Crippen molar-refractivity contribution in [3.05, 3.63) is 0 Å². The first-order valence-electron chi connectivity index (χ1n) is 4.53. The van der Waals surface area contributed by atoms with Crippen LogP contribution < -0.4 is 0 Å². The minimum Gasteiger partial charge on any atom is -0.458 e. The minimum atomic E-state index is -0.489. The van der Waals surface area contributed by atoms with Gasteiger partial charge in [-0.3, -0.25) is 9.79 Å². The second-order valence-corrected chi connectivity index (χ2v) is 4.09. The average molecular weight is 185 g/mol. The first-order chi connectivity index (χ1) is 5.83. The molecule has 0 fully saturated rings. The molecule has 76 valence electrons. The Hall–Kier alpha value is -0.860. The van der Waals surface area contributed by atoms with Gasteiger partial charge in [-0.05, 0) is 19.8 Å². The van der Waals surface area contributed by atoms with Gasteiger partial charge in [-0.1, -0.05) is 13.8 Å². The van der Waals surface area contributed by atoms with E-state index in [0.717, 1.165) is 0 Å². The topological polar surface area (TPSA) is 38.7 Å². The van der Waals surface area contributed by atoms with Crippen LogP contribution in [0.2, 0.25) is 0 Å². The van der Waals surface area contributed by atoms with E-state index >= 15 is 0 Å². The maximum atomic E-state index is 10.7. The average Bonchev–Trinajstić information content (AvgIpc) is 1.81. The van der Waals surface area contributed by atoms with Gasteiger partial charge in [-0.25, -0.2) is 0 Å². The molecule has 0 N–H and O–H groups in total. The lowest BCUT2D eigenvalue weighted by atomic mass is 10.1. The Morgan fingerprint density at radius 1 is 1.54 bits per heavy atom. The van der Waals surface area contributed by atoms with Crippen LogP contribution in [-0.2, 0) is 9.53 Å². The van der Waals surface area contributed by atoms with E-state index in [9.17, 15) is 4.79 Å². The third-order valence-corrected chi connectivity index (χ3v) is 1.30. The zero-order valence-corrected chi connectivity index (χ0v) is 9.13. The number of ether oxygens (including phenoxy) is 1. The van der Waals surface area contributed by atoms with Gasteiger partial charge in [0.25, 0.3) is 0 Å². The summed E-state index contributed by atoms with van der Waals surface area (Å²) in [6.45, 7) is 9.75. The Bertz CT molecular complexity index is 195. The SMILES string of the molecule is CC(=O)OC(C)(C)CN=CC(C)C. The number of hydrogen-bond acceptors (Lipinski definition) is 3.